The van der Waals surface area contributed by atoms with Crippen LogP contribution < -0.4 is 24.8 Å². The Labute approximate surface area is 306 Å². The molecule has 0 aliphatic heterocycles. The second-order valence-electron chi connectivity index (χ2n) is 12.3. The van der Waals surface area contributed by atoms with Gasteiger partial charge in [0.1, 0.15) is 0 Å². The predicted molar refractivity (Wildman–Crippen MR) is 169 cm³/mol. The van der Waals surface area contributed by atoms with Crippen LogP contribution in [0.25, 0.3) is 11.1 Å². The molecule has 252 valence electrons. The summed E-state index contributed by atoms with van der Waals surface area (Å²) in [6.45, 7) is 11.1. The van der Waals surface area contributed by atoms with Gasteiger partial charge in [0.2, 0.25) is 0 Å². The molecule has 0 amide bonds. The zero-order valence-electron chi connectivity index (χ0n) is 27.0. The molecule has 48 heavy (non-hydrogen) atoms. The minimum atomic E-state index is -4.49. The summed E-state index contributed by atoms with van der Waals surface area (Å²) in [5, 5.41) is 0. The van der Waals surface area contributed by atoms with Crippen LogP contribution in [0.1, 0.15) is 68.0 Å². The van der Waals surface area contributed by atoms with Crippen molar-refractivity contribution in [3.63, 3.8) is 0 Å². The van der Waals surface area contributed by atoms with Crippen molar-refractivity contribution in [2.75, 3.05) is 0 Å². The topological polar surface area (TPSA) is 0 Å². The number of benzene rings is 4. The van der Waals surface area contributed by atoms with Gasteiger partial charge in [0.15, 0.2) is 0 Å². The molecule has 1 unspecified atom stereocenters. The van der Waals surface area contributed by atoms with Gasteiger partial charge in [-0.1, -0.05) is 81.3 Å². The van der Waals surface area contributed by atoms with Crippen molar-refractivity contribution >= 4 is 3.21 Å². The fourth-order valence-electron chi connectivity index (χ4n) is 5.51. The maximum Gasteiger partial charge on any atom is -0.0253 e. The molecule has 0 heterocycles. The van der Waals surface area contributed by atoms with Crippen LogP contribution in [0.5, 0.6) is 0 Å². The van der Waals surface area contributed by atoms with Gasteiger partial charge in [-0.3, -0.25) is 6.08 Å². The van der Waals surface area contributed by atoms with Gasteiger partial charge in [-0.05, 0) is 6.42 Å². The van der Waals surface area contributed by atoms with Crippen molar-refractivity contribution in [3.05, 3.63) is 154 Å². The fourth-order valence-corrected chi connectivity index (χ4v) is 6.28. The van der Waals surface area contributed by atoms with Gasteiger partial charge >= 0.3 is 137 Å². The Morgan fingerprint density at radius 1 is 0.729 bits per heavy atom. The Morgan fingerprint density at radius 3 is 1.71 bits per heavy atom. The van der Waals surface area contributed by atoms with E-state index in [9.17, 15) is 26.3 Å². The van der Waals surface area contributed by atoms with Gasteiger partial charge in [0.25, 0.3) is 0 Å². The van der Waals surface area contributed by atoms with Gasteiger partial charge in [0, 0.05) is 0 Å². The van der Waals surface area contributed by atoms with Gasteiger partial charge in [-0.2, -0.15) is 41.5 Å². The van der Waals surface area contributed by atoms with Gasteiger partial charge < -0.3 is 24.8 Å². The zero-order valence-corrected chi connectivity index (χ0v) is 31.0. The number of rotatable bonds is 2. The molecule has 0 spiro atoms. The molecule has 0 radical (unpaired) electrons. The Balaban J connectivity index is 0.000000263. The van der Waals surface area contributed by atoms with E-state index in [1.807, 2.05) is 6.07 Å². The molecule has 1 atom stereocenters. The number of hydrogen-bond acceptors (Lipinski definition) is 0. The standard InChI is InChI=1S/C15H8F6.C13H9.C11H17.2ClH.Zr/c16-14(17,18)12-5-1-3-10(8-12)7-11-4-2-6-13(9-11)15(19,20)21;1-3-7-12-10(5-1)9-11-6-2-4-8-13(11)12;1-8-6-9(2)10(7-8)11(3,4)5;;;/h1-6,8-9H;1-5,7-8H,9H2;7-8H,1-5H3;2*1H;/q;2*-1;;;+2/p-2. The largest absolute Gasteiger partial charge is 1.00 e. The molecule has 6 rings (SSSR count). The van der Waals surface area contributed by atoms with Crippen LogP contribution in [-0.2, 0) is 43.0 Å². The number of halogens is 8. The van der Waals surface area contributed by atoms with Crippen LogP contribution in [0.4, 0.5) is 26.3 Å². The van der Waals surface area contributed by atoms with Gasteiger partial charge in [-0.15, -0.1) is 5.56 Å². The molecule has 0 bridgehead atoms. The fraction of sp³-hybridized carbons (Fsp3) is 0.256. The van der Waals surface area contributed by atoms with E-state index in [4.69, 9.17) is 0 Å². The summed E-state index contributed by atoms with van der Waals surface area (Å²) in [7, 11) is 0. The maximum absolute atomic E-state index is 12.7. The number of fused-ring (bicyclic) bond motifs is 3. The summed E-state index contributed by atoms with van der Waals surface area (Å²) in [6, 6.07) is 27.3. The Morgan fingerprint density at radius 2 is 1.25 bits per heavy atom. The first-order chi connectivity index (χ1) is 21.4. The average molecular weight is 779 g/mol. The van der Waals surface area contributed by atoms with Crippen LogP contribution in [0.15, 0.2) is 108 Å². The first-order valence-electron chi connectivity index (χ1n) is 14.8. The van der Waals surface area contributed by atoms with Crippen LogP contribution in [0.3, 0.4) is 0 Å². The second kappa shape index (κ2) is 16.8. The predicted octanol–water partition coefficient (Wildman–Crippen LogP) is 5.26. The first-order valence-corrected chi connectivity index (χ1v) is 16.0. The average Bonchev–Trinajstić information content (AvgIpc) is 3.55. The molecule has 2 aliphatic carbocycles. The minimum Gasteiger partial charge on any atom is -1.00 e. The Bertz CT molecular complexity index is 1680. The second-order valence-corrected chi connectivity index (χ2v) is 13.5. The van der Waals surface area contributed by atoms with Gasteiger partial charge in [-0.25, -0.2) is 5.57 Å². The Hall–Kier alpha value is -2.73. The summed E-state index contributed by atoms with van der Waals surface area (Å²) in [4.78, 5) is 0. The summed E-state index contributed by atoms with van der Waals surface area (Å²) in [6.07, 6.45) is -2.21. The summed E-state index contributed by atoms with van der Waals surface area (Å²) in [5.41, 5.74) is 7.50. The van der Waals surface area contributed by atoms with Gasteiger partial charge in [0.05, 0.1) is 0 Å². The van der Waals surface area contributed by atoms with Crippen molar-refractivity contribution in [2.45, 2.75) is 53.4 Å². The van der Waals surface area contributed by atoms with E-state index in [1.165, 1.54) is 57.7 Å². The molecule has 0 fully saturated rings. The van der Waals surface area contributed by atoms with Crippen LogP contribution in [0.2, 0.25) is 0 Å². The monoisotopic (exact) mass is 776 g/mol. The molecule has 4 aromatic rings. The summed E-state index contributed by atoms with van der Waals surface area (Å²) < 4.78 is 76.7. The molecular weight excluding hydrogens is 745 g/mol. The third-order valence-corrected chi connectivity index (χ3v) is 9.07. The van der Waals surface area contributed by atoms with Crippen molar-refractivity contribution in [1.82, 2.24) is 0 Å². The molecule has 0 saturated heterocycles. The molecule has 0 saturated carbocycles. The van der Waals surface area contributed by atoms with E-state index in [0.29, 0.717) is 14.5 Å². The van der Waals surface area contributed by atoms with E-state index in [0.717, 1.165) is 54.9 Å². The van der Waals surface area contributed by atoms with Crippen LogP contribution >= 0.6 is 0 Å². The van der Waals surface area contributed by atoms with Crippen LogP contribution in [-0.4, -0.2) is 3.21 Å². The van der Waals surface area contributed by atoms with E-state index < -0.39 is 23.5 Å². The van der Waals surface area contributed by atoms with E-state index in [-0.39, 0.29) is 35.9 Å². The first kappa shape index (κ1) is 41.4. The third kappa shape index (κ3) is 10.6. The summed E-state index contributed by atoms with van der Waals surface area (Å²) >= 11 is 0.729. The normalized spacial score (nSPS) is 14.7. The van der Waals surface area contributed by atoms with Crippen molar-refractivity contribution in [2.24, 2.45) is 11.3 Å². The van der Waals surface area contributed by atoms with E-state index >= 15 is 0 Å². The van der Waals surface area contributed by atoms with Crippen molar-refractivity contribution in [3.8, 4) is 11.1 Å². The molecule has 4 aromatic carbocycles. The number of hydrogen-bond donors (Lipinski definition) is 0. The number of alkyl halides is 6. The third-order valence-electron chi connectivity index (χ3n) is 7.65. The maximum atomic E-state index is 12.7. The zero-order chi connectivity index (χ0) is 33.9. The molecule has 0 aromatic heterocycles. The van der Waals surface area contributed by atoms with Crippen LogP contribution in [0, 0.1) is 23.5 Å². The quantitative estimate of drug-likeness (QED) is 0.170. The summed E-state index contributed by atoms with van der Waals surface area (Å²) in [5.74, 6) is 0.518. The molecule has 2 aliphatic rings. The minimum absolute atomic E-state index is 0. The SMILES string of the molecule is CC1=[C-]C(C)C=C1C(C)(C)C.FC(F)(F)c1cccc([C](=[Zr+2])c2cccc(C(F)(F)F)c2)c1.[Cl-].[Cl-].[c-]1cccc2c1Cc1ccccc1-2. The Kier molecular flexibility index (Phi) is 14.5. The van der Waals surface area contributed by atoms with Crippen molar-refractivity contribution in [1.29, 1.82) is 0 Å². The molecule has 9 heteroatoms. The molecular formula is C39H34Cl2F6Zr-2. The number of allylic oxidation sites excluding steroid dienone is 4. The van der Waals surface area contributed by atoms with E-state index in [2.05, 4.69) is 89.2 Å². The molecule has 0 nitrogen and oxygen atoms in total. The molecule has 0 N–H and O–H groups in total. The smallest absolute Gasteiger partial charge is 0.0253 e. The van der Waals surface area contributed by atoms with E-state index in [1.54, 1.807) is 0 Å². The van der Waals surface area contributed by atoms with Crippen molar-refractivity contribution < 1.29 is 75.4 Å².